The number of hydrogen-bond donors (Lipinski definition) is 1. The average molecular weight is 587 g/mol. The number of nitrogens with zero attached hydrogens (tertiary/aromatic N) is 3. The summed E-state index contributed by atoms with van der Waals surface area (Å²) in [4.78, 5) is 43.9. The lowest BCUT2D eigenvalue weighted by atomic mass is 10.1. The summed E-state index contributed by atoms with van der Waals surface area (Å²) >= 11 is 0. The van der Waals surface area contributed by atoms with E-state index >= 15 is 0 Å². The molecular formula is C33H29F3N4O3. The largest absolute Gasteiger partial charge is 0.368 e. The zero-order valence-corrected chi connectivity index (χ0v) is 23.2. The molecule has 7 nitrogen and oxygen atoms in total. The Kier molecular flexibility index (Phi) is 9.05. The van der Waals surface area contributed by atoms with Gasteiger partial charge in [-0.05, 0) is 72.3 Å². The molecule has 0 aliphatic carbocycles. The smallest absolute Gasteiger partial charge is 0.256 e. The number of nitrogens with one attached hydrogen (secondary N) is 1. The molecule has 1 saturated heterocycles. The molecule has 1 N–H and O–H groups in total. The number of amides is 3. The number of rotatable bonds is 8. The molecule has 10 heteroatoms. The van der Waals surface area contributed by atoms with Crippen molar-refractivity contribution in [1.82, 2.24) is 9.80 Å². The number of piperazine rings is 1. The van der Waals surface area contributed by atoms with Gasteiger partial charge in [0.25, 0.3) is 11.8 Å². The zero-order valence-electron chi connectivity index (χ0n) is 23.2. The highest BCUT2D eigenvalue weighted by Crippen LogP contribution is 2.21. The van der Waals surface area contributed by atoms with Crippen LogP contribution < -0.4 is 10.2 Å². The second-order valence-electron chi connectivity index (χ2n) is 10.2. The molecule has 3 amide bonds. The summed E-state index contributed by atoms with van der Waals surface area (Å²) in [7, 11) is 0. The monoisotopic (exact) mass is 586 g/mol. The number of halogens is 3. The number of carbonyl (C=O) groups excluding carboxylic acids is 3. The van der Waals surface area contributed by atoms with Gasteiger partial charge in [-0.15, -0.1) is 0 Å². The van der Waals surface area contributed by atoms with Gasteiger partial charge >= 0.3 is 0 Å². The van der Waals surface area contributed by atoms with E-state index in [-0.39, 0.29) is 30.1 Å². The molecule has 0 unspecified atom stereocenters. The highest BCUT2D eigenvalue weighted by molar-refractivity contribution is 5.99. The Balaban J connectivity index is 1.19. The Morgan fingerprint density at radius 3 is 2.12 bits per heavy atom. The Bertz CT molecular complexity index is 1600. The number of carbonyl (C=O) groups is 3. The van der Waals surface area contributed by atoms with Crippen molar-refractivity contribution in [2.24, 2.45) is 0 Å². The minimum Gasteiger partial charge on any atom is -0.368 e. The van der Waals surface area contributed by atoms with Crippen molar-refractivity contribution < 1.29 is 27.6 Å². The Labute approximate surface area is 247 Å². The van der Waals surface area contributed by atoms with Crippen molar-refractivity contribution in [3.8, 4) is 0 Å². The molecule has 0 radical (unpaired) electrons. The lowest BCUT2D eigenvalue weighted by molar-refractivity contribution is -0.117. The summed E-state index contributed by atoms with van der Waals surface area (Å²) in [6, 6.07) is 23.9. The first-order valence-electron chi connectivity index (χ1n) is 13.7. The summed E-state index contributed by atoms with van der Waals surface area (Å²) in [6.07, 6.45) is 0. The predicted molar refractivity (Wildman–Crippen MR) is 157 cm³/mol. The first-order valence-corrected chi connectivity index (χ1v) is 13.7. The lowest BCUT2D eigenvalue weighted by Crippen LogP contribution is -2.49. The Morgan fingerprint density at radius 2 is 1.44 bits per heavy atom. The van der Waals surface area contributed by atoms with Crippen LogP contribution >= 0.6 is 0 Å². The van der Waals surface area contributed by atoms with E-state index in [1.807, 2.05) is 12.1 Å². The summed E-state index contributed by atoms with van der Waals surface area (Å²) in [5, 5.41) is 2.79. The minimum atomic E-state index is -0.574. The van der Waals surface area contributed by atoms with Crippen molar-refractivity contribution in [3.05, 3.63) is 131 Å². The number of anilines is 2. The Hall–Kier alpha value is -5.12. The maximum absolute atomic E-state index is 14.0. The standard InChI is InChI=1S/C33H29F3N4O3/c34-25-10-8-23(9-11-25)21-40(32(42)24-4-3-5-26(35)20-24)22-31(41)37-27-12-14-28(15-13-27)38-16-18-39(19-17-38)33(43)29-6-1-2-7-30(29)36/h1-15,20H,16-19,21-22H2,(H,37,41). The van der Waals surface area contributed by atoms with Crippen LogP contribution in [0.2, 0.25) is 0 Å². The summed E-state index contributed by atoms with van der Waals surface area (Å²) < 4.78 is 41.2. The van der Waals surface area contributed by atoms with Gasteiger partial charge in [-0.2, -0.15) is 0 Å². The van der Waals surface area contributed by atoms with Crippen LogP contribution in [-0.4, -0.2) is 60.2 Å². The molecule has 4 aromatic carbocycles. The molecule has 220 valence electrons. The fourth-order valence-electron chi connectivity index (χ4n) is 4.92. The molecule has 1 aliphatic rings. The van der Waals surface area contributed by atoms with E-state index in [2.05, 4.69) is 10.2 Å². The van der Waals surface area contributed by atoms with E-state index < -0.39 is 29.3 Å². The molecule has 5 rings (SSSR count). The molecule has 0 aromatic heterocycles. The second-order valence-corrected chi connectivity index (χ2v) is 10.2. The third-order valence-electron chi connectivity index (χ3n) is 7.17. The Morgan fingerprint density at radius 1 is 0.744 bits per heavy atom. The highest BCUT2D eigenvalue weighted by atomic mass is 19.1. The van der Waals surface area contributed by atoms with Gasteiger partial charge in [0.05, 0.1) is 5.56 Å². The molecule has 4 aromatic rings. The maximum atomic E-state index is 14.0. The summed E-state index contributed by atoms with van der Waals surface area (Å²) in [5.41, 5.74) is 2.18. The van der Waals surface area contributed by atoms with E-state index in [9.17, 15) is 27.6 Å². The number of benzene rings is 4. The van der Waals surface area contributed by atoms with Crippen molar-refractivity contribution in [2.75, 3.05) is 42.9 Å². The molecule has 0 bridgehead atoms. The third kappa shape index (κ3) is 7.40. The summed E-state index contributed by atoms with van der Waals surface area (Å²) in [6.45, 7) is 1.71. The van der Waals surface area contributed by atoms with Crippen LogP contribution in [0.15, 0.2) is 97.1 Å². The van der Waals surface area contributed by atoms with Gasteiger partial charge in [-0.25, -0.2) is 13.2 Å². The average Bonchev–Trinajstić information content (AvgIpc) is 3.02. The molecule has 43 heavy (non-hydrogen) atoms. The molecular weight excluding hydrogens is 557 g/mol. The van der Waals surface area contributed by atoms with Crippen LogP contribution in [-0.2, 0) is 11.3 Å². The fourth-order valence-corrected chi connectivity index (χ4v) is 4.92. The van der Waals surface area contributed by atoms with E-state index in [1.54, 1.807) is 29.2 Å². The van der Waals surface area contributed by atoms with Gasteiger partial charge in [0, 0.05) is 49.7 Å². The van der Waals surface area contributed by atoms with Crippen LogP contribution in [0.25, 0.3) is 0 Å². The van der Waals surface area contributed by atoms with Crippen molar-refractivity contribution in [1.29, 1.82) is 0 Å². The first kappa shape index (κ1) is 29.4. The second kappa shape index (κ2) is 13.2. The SMILES string of the molecule is O=C(CN(Cc1ccc(F)cc1)C(=O)c1cccc(F)c1)Nc1ccc(N2CCN(C(=O)c3ccccc3F)CC2)cc1. The van der Waals surface area contributed by atoms with Crippen molar-refractivity contribution in [3.63, 3.8) is 0 Å². The lowest BCUT2D eigenvalue weighted by Gasteiger charge is -2.36. The van der Waals surface area contributed by atoms with Crippen molar-refractivity contribution in [2.45, 2.75) is 6.54 Å². The summed E-state index contributed by atoms with van der Waals surface area (Å²) in [5.74, 6) is -2.87. The fraction of sp³-hybridized carbons (Fsp3) is 0.182. The van der Waals surface area contributed by atoms with Gasteiger partial charge in [-0.1, -0.05) is 30.3 Å². The molecule has 1 heterocycles. The first-order chi connectivity index (χ1) is 20.8. The van der Waals surface area contributed by atoms with Gasteiger partial charge in [0.1, 0.15) is 24.0 Å². The van der Waals surface area contributed by atoms with Crippen LogP contribution in [0.4, 0.5) is 24.5 Å². The zero-order chi connectivity index (χ0) is 30.3. The van der Waals surface area contributed by atoms with E-state index in [1.165, 1.54) is 59.5 Å². The van der Waals surface area contributed by atoms with Gasteiger partial charge in [0.2, 0.25) is 5.91 Å². The predicted octanol–water partition coefficient (Wildman–Crippen LogP) is 5.35. The van der Waals surface area contributed by atoms with Crippen LogP contribution in [0, 0.1) is 17.5 Å². The van der Waals surface area contributed by atoms with Crippen LogP contribution in [0.3, 0.4) is 0 Å². The number of hydrogen-bond acceptors (Lipinski definition) is 4. The molecule has 0 spiro atoms. The quantitative estimate of drug-likeness (QED) is 0.302. The highest BCUT2D eigenvalue weighted by Gasteiger charge is 2.24. The van der Waals surface area contributed by atoms with Crippen LogP contribution in [0.1, 0.15) is 26.3 Å². The van der Waals surface area contributed by atoms with E-state index in [4.69, 9.17) is 0 Å². The van der Waals surface area contributed by atoms with Crippen molar-refractivity contribution >= 4 is 29.1 Å². The molecule has 0 saturated carbocycles. The van der Waals surface area contributed by atoms with Crippen LogP contribution in [0.5, 0.6) is 0 Å². The third-order valence-corrected chi connectivity index (χ3v) is 7.17. The molecule has 1 aliphatic heterocycles. The van der Waals surface area contributed by atoms with Gasteiger partial charge in [-0.3, -0.25) is 14.4 Å². The van der Waals surface area contributed by atoms with Gasteiger partial charge in [0.15, 0.2) is 0 Å². The topological polar surface area (TPSA) is 73.0 Å². The maximum Gasteiger partial charge on any atom is 0.256 e. The van der Waals surface area contributed by atoms with Gasteiger partial charge < -0.3 is 20.0 Å². The molecule has 0 atom stereocenters. The minimum absolute atomic E-state index is 0.0212. The van der Waals surface area contributed by atoms with E-state index in [0.717, 1.165) is 11.8 Å². The normalized spacial score (nSPS) is 13.0. The molecule has 1 fully saturated rings. The van der Waals surface area contributed by atoms with E-state index in [0.29, 0.717) is 37.4 Å².